The van der Waals surface area contributed by atoms with Crippen LogP contribution < -0.4 is 5.32 Å². The van der Waals surface area contributed by atoms with E-state index in [1.807, 2.05) is 0 Å². The molecule has 2 aliphatic rings. The standard InChI is InChI=1S/C16H29NO3/c1-13-5-4-9-16(19,11-13)12-17-15(18)8-7-14-6-2-3-10-20-14/h13-14,19H,2-12H2,1H3,(H,17,18). The Bertz CT molecular complexity index is 315. The fourth-order valence-electron chi connectivity index (χ4n) is 3.47. The van der Waals surface area contributed by atoms with Gasteiger partial charge in [-0.1, -0.05) is 19.8 Å². The molecule has 20 heavy (non-hydrogen) atoms. The lowest BCUT2D eigenvalue weighted by Gasteiger charge is -2.35. The van der Waals surface area contributed by atoms with E-state index in [1.54, 1.807) is 0 Å². The molecular weight excluding hydrogens is 254 g/mol. The minimum Gasteiger partial charge on any atom is -0.388 e. The van der Waals surface area contributed by atoms with E-state index in [0.29, 0.717) is 18.9 Å². The second kappa shape index (κ2) is 7.41. The van der Waals surface area contributed by atoms with Crippen LogP contribution in [0.1, 0.15) is 64.7 Å². The number of hydrogen-bond donors (Lipinski definition) is 2. The van der Waals surface area contributed by atoms with Crippen LogP contribution in [-0.2, 0) is 9.53 Å². The minimum atomic E-state index is -0.686. The lowest BCUT2D eigenvalue weighted by molar-refractivity contribution is -0.124. The van der Waals surface area contributed by atoms with Gasteiger partial charge in [0.05, 0.1) is 11.7 Å². The number of amides is 1. The van der Waals surface area contributed by atoms with Crippen LogP contribution in [-0.4, -0.2) is 35.9 Å². The van der Waals surface area contributed by atoms with Gasteiger partial charge in [-0.3, -0.25) is 4.79 Å². The summed E-state index contributed by atoms with van der Waals surface area (Å²) in [6.45, 7) is 3.41. The third-order valence-electron chi connectivity index (χ3n) is 4.65. The van der Waals surface area contributed by atoms with Crippen LogP contribution in [0.4, 0.5) is 0 Å². The summed E-state index contributed by atoms with van der Waals surface area (Å²) in [5.74, 6) is 0.604. The zero-order valence-corrected chi connectivity index (χ0v) is 12.7. The van der Waals surface area contributed by atoms with E-state index in [-0.39, 0.29) is 12.0 Å². The Balaban J connectivity index is 1.64. The van der Waals surface area contributed by atoms with E-state index in [0.717, 1.165) is 45.1 Å². The van der Waals surface area contributed by atoms with Crippen LogP contribution in [0, 0.1) is 5.92 Å². The van der Waals surface area contributed by atoms with Crippen molar-refractivity contribution in [3.8, 4) is 0 Å². The first kappa shape index (κ1) is 15.8. The van der Waals surface area contributed by atoms with Gasteiger partial charge in [-0.2, -0.15) is 0 Å². The topological polar surface area (TPSA) is 58.6 Å². The highest BCUT2D eigenvalue weighted by Gasteiger charge is 2.32. The maximum absolute atomic E-state index is 11.9. The van der Waals surface area contributed by atoms with Gasteiger partial charge in [-0.05, 0) is 44.4 Å². The predicted octanol–water partition coefficient (Wildman–Crippen LogP) is 2.39. The number of rotatable bonds is 5. The highest BCUT2D eigenvalue weighted by atomic mass is 16.5. The molecule has 0 aromatic rings. The van der Waals surface area contributed by atoms with Gasteiger partial charge in [0.2, 0.25) is 5.91 Å². The molecule has 3 atom stereocenters. The monoisotopic (exact) mass is 283 g/mol. The van der Waals surface area contributed by atoms with Crippen LogP contribution in [0.25, 0.3) is 0 Å². The minimum absolute atomic E-state index is 0.0471. The molecule has 0 spiro atoms. The van der Waals surface area contributed by atoms with E-state index in [1.165, 1.54) is 12.8 Å². The second-order valence-electron chi connectivity index (χ2n) is 6.73. The summed E-state index contributed by atoms with van der Waals surface area (Å²) in [6, 6.07) is 0. The van der Waals surface area contributed by atoms with Crippen molar-refractivity contribution in [2.24, 2.45) is 5.92 Å². The summed E-state index contributed by atoms with van der Waals surface area (Å²) < 4.78 is 5.63. The Hall–Kier alpha value is -0.610. The van der Waals surface area contributed by atoms with Crippen molar-refractivity contribution in [2.75, 3.05) is 13.2 Å². The zero-order chi connectivity index (χ0) is 14.4. The van der Waals surface area contributed by atoms with Crippen LogP contribution in [0.2, 0.25) is 0 Å². The maximum Gasteiger partial charge on any atom is 0.220 e. The number of carbonyl (C=O) groups is 1. The molecule has 0 radical (unpaired) electrons. The summed E-state index contributed by atoms with van der Waals surface area (Å²) in [6.07, 6.45) is 8.87. The molecule has 4 heteroatoms. The van der Waals surface area contributed by atoms with Crippen LogP contribution in [0.3, 0.4) is 0 Å². The molecule has 1 heterocycles. The van der Waals surface area contributed by atoms with Crippen molar-refractivity contribution in [1.82, 2.24) is 5.32 Å². The summed E-state index contributed by atoms with van der Waals surface area (Å²) in [5.41, 5.74) is -0.686. The number of hydrogen-bond acceptors (Lipinski definition) is 3. The summed E-state index contributed by atoms with van der Waals surface area (Å²) in [5, 5.41) is 13.4. The maximum atomic E-state index is 11.9. The number of carbonyl (C=O) groups excluding carboxylic acids is 1. The summed E-state index contributed by atoms with van der Waals surface area (Å²) >= 11 is 0. The van der Waals surface area contributed by atoms with Crippen molar-refractivity contribution >= 4 is 5.91 Å². The zero-order valence-electron chi connectivity index (χ0n) is 12.7. The number of ether oxygens (including phenoxy) is 1. The average molecular weight is 283 g/mol. The van der Waals surface area contributed by atoms with Gasteiger partial charge in [0.1, 0.15) is 0 Å². The van der Waals surface area contributed by atoms with Crippen molar-refractivity contribution in [3.05, 3.63) is 0 Å². The van der Waals surface area contributed by atoms with Gasteiger partial charge in [0.25, 0.3) is 0 Å². The summed E-state index contributed by atoms with van der Waals surface area (Å²) in [4.78, 5) is 11.9. The van der Waals surface area contributed by atoms with Crippen molar-refractivity contribution in [1.29, 1.82) is 0 Å². The fraction of sp³-hybridized carbons (Fsp3) is 0.938. The molecule has 2 fully saturated rings. The Morgan fingerprint density at radius 2 is 2.20 bits per heavy atom. The molecule has 4 nitrogen and oxygen atoms in total. The molecule has 1 saturated carbocycles. The molecule has 2 rings (SSSR count). The van der Waals surface area contributed by atoms with Crippen LogP contribution >= 0.6 is 0 Å². The molecule has 1 saturated heterocycles. The highest BCUT2D eigenvalue weighted by molar-refractivity contribution is 5.75. The van der Waals surface area contributed by atoms with Crippen molar-refractivity contribution in [3.63, 3.8) is 0 Å². The lowest BCUT2D eigenvalue weighted by Crippen LogP contribution is -2.45. The van der Waals surface area contributed by atoms with E-state index in [4.69, 9.17) is 4.74 Å². The van der Waals surface area contributed by atoms with Gasteiger partial charge >= 0.3 is 0 Å². The SMILES string of the molecule is CC1CCCC(O)(CNC(=O)CCC2CCCCO2)C1. The quantitative estimate of drug-likeness (QED) is 0.814. The Morgan fingerprint density at radius 3 is 2.90 bits per heavy atom. The Labute approximate surface area is 122 Å². The lowest BCUT2D eigenvalue weighted by atomic mass is 9.79. The van der Waals surface area contributed by atoms with Gasteiger partial charge in [0.15, 0.2) is 0 Å². The van der Waals surface area contributed by atoms with Gasteiger partial charge < -0.3 is 15.2 Å². The van der Waals surface area contributed by atoms with Gasteiger partial charge in [0, 0.05) is 19.6 Å². The van der Waals surface area contributed by atoms with Crippen molar-refractivity contribution in [2.45, 2.75) is 76.4 Å². The molecule has 3 unspecified atom stereocenters. The van der Waals surface area contributed by atoms with Gasteiger partial charge in [-0.25, -0.2) is 0 Å². The number of aliphatic hydroxyl groups is 1. The Morgan fingerprint density at radius 1 is 1.35 bits per heavy atom. The van der Waals surface area contributed by atoms with Gasteiger partial charge in [-0.15, -0.1) is 0 Å². The first-order valence-corrected chi connectivity index (χ1v) is 8.18. The largest absolute Gasteiger partial charge is 0.388 e. The molecule has 0 aromatic heterocycles. The molecule has 1 aliphatic heterocycles. The summed E-state index contributed by atoms with van der Waals surface area (Å²) in [7, 11) is 0. The van der Waals surface area contributed by atoms with E-state index in [2.05, 4.69) is 12.2 Å². The molecule has 1 amide bonds. The second-order valence-corrected chi connectivity index (χ2v) is 6.73. The average Bonchev–Trinajstić information content (AvgIpc) is 2.44. The first-order chi connectivity index (χ1) is 9.57. The van der Waals surface area contributed by atoms with Crippen LogP contribution in [0.5, 0.6) is 0 Å². The molecule has 0 bridgehead atoms. The molecular formula is C16H29NO3. The van der Waals surface area contributed by atoms with E-state index < -0.39 is 5.60 Å². The molecule has 1 aliphatic carbocycles. The number of nitrogens with one attached hydrogen (secondary N) is 1. The Kier molecular flexibility index (Phi) is 5.85. The smallest absolute Gasteiger partial charge is 0.220 e. The fourth-order valence-corrected chi connectivity index (χ4v) is 3.47. The van der Waals surface area contributed by atoms with Crippen molar-refractivity contribution < 1.29 is 14.6 Å². The molecule has 2 N–H and O–H groups in total. The molecule has 0 aromatic carbocycles. The highest BCUT2D eigenvalue weighted by Crippen LogP contribution is 2.31. The van der Waals surface area contributed by atoms with Crippen LogP contribution in [0.15, 0.2) is 0 Å². The predicted molar refractivity (Wildman–Crippen MR) is 78.4 cm³/mol. The van der Waals surface area contributed by atoms with E-state index in [9.17, 15) is 9.90 Å². The third-order valence-corrected chi connectivity index (χ3v) is 4.65. The normalized spacial score (nSPS) is 34.7. The van der Waals surface area contributed by atoms with E-state index >= 15 is 0 Å². The third kappa shape index (κ3) is 5.06. The first-order valence-electron chi connectivity index (χ1n) is 8.18. The molecule has 116 valence electrons.